The van der Waals surface area contributed by atoms with E-state index in [0.717, 1.165) is 25.7 Å². The Morgan fingerprint density at radius 1 is 0.700 bits per heavy atom. The lowest BCUT2D eigenvalue weighted by Crippen LogP contribution is -2.27. The molecular weight excluding hydrogens is 252 g/mol. The van der Waals surface area contributed by atoms with Crippen molar-refractivity contribution in [2.24, 2.45) is 35.1 Å². The average molecular weight is 286 g/mol. The predicted octanol–water partition coefficient (Wildman–Crippen LogP) is 3.09. The third-order valence-electron chi connectivity index (χ3n) is 4.27. The lowest BCUT2D eigenvalue weighted by molar-refractivity contribution is -0.124. The summed E-state index contributed by atoms with van der Waals surface area (Å²) in [5.74, 6) is 0.702. The van der Waals surface area contributed by atoms with Gasteiger partial charge in [-0.2, -0.15) is 0 Å². The van der Waals surface area contributed by atoms with E-state index in [9.17, 15) is 9.59 Å². The summed E-state index contributed by atoms with van der Waals surface area (Å²) in [4.78, 5) is 21.5. The first-order chi connectivity index (χ1) is 9.26. The van der Waals surface area contributed by atoms with Crippen LogP contribution in [0.4, 0.5) is 0 Å². The van der Waals surface area contributed by atoms with Gasteiger partial charge >= 0.3 is 0 Å². The van der Waals surface area contributed by atoms with E-state index in [0.29, 0.717) is 11.8 Å². The van der Waals surface area contributed by atoms with Crippen LogP contribution in [-0.4, -0.2) is 11.8 Å². The highest BCUT2D eigenvalue weighted by Gasteiger charge is 2.19. The summed E-state index contributed by atoms with van der Waals surface area (Å²) in [6.45, 7) is 12.3. The van der Waals surface area contributed by atoms with Crippen molar-refractivity contribution in [1.29, 1.82) is 0 Å². The van der Waals surface area contributed by atoms with Crippen LogP contribution in [0.25, 0.3) is 0 Å². The monoisotopic (exact) mass is 286 g/mol. The number of rotatable bonds is 8. The van der Waals surface area contributed by atoms with Crippen LogP contribution in [-0.2, 0) is 9.59 Å². The molecule has 0 bridgehead atoms. The van der Waals surface area contributed by atoms with E-state index in [2.05, 4.69) is 27.7 Å². The number of hydrogen-bond acceptors (Lipinski definition) is 2. The van der Waals surface area contributed by atoms with Crippen molar-refractivity contribution in [3.05, 3.63) is 0 Å². The lowest BCUT2D eigenvalue weighted by Gasteiger charge is -2.16. The highest BCUT2D eigenvalue weighted by Crippen LogP contribution is 2.18. The van der Waals surface area contributed by atoms with Crippen LogP contribution in [0.2, 0.25) is 0 Å². The Morgan fingerprint density at radius 3 is 1.00 bits per heavy atom. The molecule has 4 N–H and O–H groups in total. The summed E-state index contributed by atoms with van der Waals surface area (Å²) in [5.41, 5.74) is 10.4. The van der Waals surface area contributed by atoms with Crippen LogP contribution in [0.1, 0.15) is 67.2 Å². The van der Waals surface area contributed by atoms with E-state index in [-0.39, 0.29) is 23.7 Å². The summed E-state index contributed by atoms with van der Waals surface area (Å²) >= 11 is 0. The molecule has 0 heterocycles. The minimum atomic E-state index is -0.156. The summed E-state index contributed by atoms with van der Waals surface area (Å²) < 4.78 is 0. The van der Waals surface area contributed by atoms with Crippen molar-refractivity contribution in [3.63, 3.8) is 0 Å². The van der Waals surface area contributed by atoms with Gasteiger partial charge in [0.2, 0.25) is 11.8 Å². The molecule has 0 aromatic heterocycles. The van der Waals surface area contributed by atoms with Gasteiger partial charge in [0.25, 0.3) is 0 Å². The third-order valence-corrected chi connectivity index (χ3v) is 4.27. The Balaban J connectivity index is 0. The maximum atomic E-state index is 10.8. The van der Waals surface area contributed by atoms with E-state index >= 15 is 0 Å². The molecule has 0 aliphatic carbocycles. The van der Waals surface area contributed by atoms with E-state index in [1.165, 1.54) is 0 Å². The van der Waals surface area contributed by atoms with Gasteiger partial charge in [-0.3, -0.25) is 9.59 Å². The standard InChI is InChI=1S/2C8H17NO/c2*1-4-6(3)7(5-2)8(9)10/h2*6-7H,4-5H2,1-3H3,(H2,9,10). The second-order valence-corrected chi connectivity index (χ2v) is 5.61. The highest BCUT2D eigenvalue weighted by atomic mass is 16.1. The van der Waals surface area contributed by atoms with Crippen molar-refractivity contribution < 1.29 is 9.59 Å². The van der Waals surface area contributed by atoms with Gasteiger partial charge in [0, 0.05) is 11.8 Å². The van der Waals surface area contributed by atoms with Crippen molar-refractivity contribution in [3.8, 4) is 0 Å². The minimum absolute atomic E-state index is 0.0741. The van der Waals surface area contributed by atoms with Crippen molar-refractivity contribution in [2.45, 2.75) is 67.2 Å². The molecular formula is C16H34N2O2. The maximum Gasteiger partial charge on any atom is 0.220 e. The molecule has 0 rings (SSSR count). The minimum Gasteiger partial charge on any atom is -0.369 e. The van der Waals surface area contributed by atoms with Crippen molar-refractivity contribution in [2.75, 3.05) is 0 Å². The predicted molar refractivity (Wildman–Crippen MR) is 84.9 cm³/mol. The van der Waals surface area contributed by atoms with Crippen LogP contribution >= 0.6 is 0 Å². The maximum absolute atomic E-state index is 10.8. The summed E-state index contributed by atoms with van der Waals surface area (Å²) in [5, 5.41) is 0. The molecule has 0 aromatic rings. The van der Waals surface area contributed by atoms with Gasteiger partial charge in [-0.1, -0.05) is 54.4 Å². The van der Waals surface area contributed by atoms with E-state index in [1.54, 1.807) is 0 Å². The van der Waals surface area contributed by atoms with Crippen LogP contribution in [0, 0.1) is 23.7 Å². The molecule has 120 valence electrons. The molecule has 4 unspecified atom stereocenters. The fourth-order valence-corrected chi connectivity index (χ4v) is 2.34. The van der Waals surface area contributed by atoms with Gasteiger partial charge in [0.1, 0.15) is 0 Å². The number of primary amides is 2. The fraction of sp³-hybridized carbons (Fsp3) is 0.875. The summed E-state index contributed by atoms with van der Waals surface area (Å²) in [6.07, 6.45) is 3.79. The van der Waals surface area contributed by atoms with Gasteiger partial charge in [0.15, 0.2) is 0 Å². The SMILES string of the molecule is CCC(C)C(CC)C(N)=O.CCC(C)C(CC)C(N)=O. The molecule has 0 radical (unpaired) electrons. The van der Waals surface area contributed by atoms with Gasteiger partial charge in [-0.25, -0.2) is 0 Å². The topological polar surface area (TPSA) is 86.2 Å². The molecule has 0 spiro atoms. The van der Waals surface area contributed by atoms with Gasteiger partial charge in [0.05, 0.1) is 0 Å². The van der Waals surface area contributed by atoms with E-state index < -0.39 is 0 Å². The van der Waals surface area contributed by atoms with Crippen molar-refractivity contribution in [1.82, 2.24) is 0 Å². The number of hydrogen-bond donors (Lipinski definition) is 2. The number of carbonyl (C=O) groups excluding carboxylic acids is 2. The average Bonchev–Trinajstić information content (AvgIpc) is 2.39. The largest absolute Gasteiger partial charge is 0.369 e. The van der Waals surface area contributed by atoms with Crippen LogP contribution in [0.3, 0.4) is 0 Å². The van der Waals surface area contributed by atoms with E-state index in [1.807, 2.05) is 13.8 Å². The zero-order valence-corrected chi connectivity index (χ0v) is 14.1. The molecule has 0 fully saturated rings. The van der Waals surface area contributed by atoms with Crippen LogP contribution < -0.4 is 11.5 Å². The molecule has 0 saturated carbocycles. The quantitative estimate of drug-likeness (QED) is 0.718. The highest BCUT2D eigenvalue weighted by molar-refractivity contribution is 5.77. The smallest absolute Gasteiger partial charge is 0.220 e. The Kier molecular flexibility index (Phi) is 12.5. The van der Waals surface area contributed by atoms with Gasteiger partial charge in [-0.15, -0.1) is 0 Å². The second-order valence-electron chi connectivity index (χ2n) is 5.61. The summed E-state index contributed by atoms with van der Waals surface area (Å²) in [7, 11) is 0. The molecule has 4 heteroatoms. The zero-order chi connectivity index (χ0) is 16.3. The molecule has 2 amide bonds. The first-order valence-electron chi connectivity index (χ1n) is 7.85. The number of nitrogens with two attached hydrogens (primary N) is 2. The Labute approximate surface area is 124 Å². The molecule has 0 aliphatic rings. The van der Waals surface area contributed by atoms with E-state index in [4.69, 9.17) is 11.5 Å². The summed E-state index contributed by atoms with van der Waals surface area (Å²) in [6, 6.07) is 0. The molecule has 4 atom stereocenters. The normalized spacial score (nSPS) is 16.3. The molecule has 0 saturated heterocycles. The first kappa shape index (κ1) is 21.2. The van der Waals surface area contributed by atoms with Gasteiger partial charge in [-0.05, 0) is 24.7 Å². The zero-order valence-electron chi connectivity index (χ0n) is 14.1. The molecule has 0 aliphatic heterocycles. The number of carbonyl (C=O) groups is 2. The second kappa shape index (κ2) is 11.7. The Morgan fingerprint density at radius 2 is 0.950 bits per heavy atom. The number of amides is 2. The Hall–Kier alpha value is -1.06. The Bertz CT molecular complexity index is 252. The molecule has 4 nitrogen and oxygen atoms in total. The van der Waals surface area contributed by atoms with Gasteiger partial charge < -0.3 is 11.5 Å². The lowest BCUT2D eigenvalue weighted by atomic mass is 9.89. The van der Waals surface area contributed by atoms with Crippen LogP contribution in [0.5, 0.6) is 0 Å². The van der Waals surface area contributed by atoms with Crippen LogP contribution in [0.15, 0.2) is 0 Å². The molecule has 20 heavy (non-hydrogen) atoms. The first-order valence-corrected chi connectivity index (χ1v) is 7.85. The molecule has 0 aromatic carbocycles. The third kappa shape index (κ3) is 8.18. The van der Waals surface area contributed by atoms with Crippen molar-refractivity contribution >= 4 is 11.8 Å². The fourth-order valence-electron chi connectivity index (χ4n) is 2.34.